The van der Waals surface area contributed by atoms with E-state index < -0.39 is 0 Å². The summed E-state index contributed by atoms with van der Waals surface area (Å²) in [6, 6.07) is 3.19. The van der Waals surface area contributed by atoms with E-state index in [0.29, 0.717) is 5.69 Å². The summed E-state index contributed by atoms with van der Waals surface area (Å²) in [5.41, 5.74) is 7.31. The van der Waals surface area contributed by atoms with Crippen LogP contribution in [0.15, 0.2) is 16.9 Å². The molecule has 0 saturated carbocycles. The largest absolute Gasteiger partial charge is 0.397 e. The van der Waals surface area contributed by atoms with Gasteiger partial charge in [-0.05, 0) is 19.4 Å². The van der Waals surface area contributed by atoms with Gasteiger partial charge in [-0.25, -0.2) is 0 Å². The van der Waals surface area contributed by atoms with Gasteiger partial charge in [0.2, 0.25) is 0 Å². The van der Waals surface area contributed by atoms with Crippen molar-refractivity contribution < 1.29 is 0 Å². The zero-order valence-electron chi connectivity index (χ0n) is 8.21. The van der Waals surface area contributed by atoms with Crippen molar-refractivity contribution in [2.24, 2.45) is 0 Å². The van der Waals surface area contributed by atoms with Gasteiger partial charge in [-0.2, -0.15) is 0 Å². The van der Waals surface area contributed by atoms with Crippen LogP contribution in [0.2, 0.25) is 0 Å². The Morgan fingerprint density at radius 1 is 1.46 bits per heavy atom. The third kappa shape index (κ3) is 2.11. The Hall–Kier alpha value is -1.25. The number of rotatable bonds is 3. The lowest BCUT2D eigenvalue weighted by molar-refractivity contribution is 0.600. The number of anilines is 1. The number of hydrogen-bond donors (Lipinski definition) is 1. The SMILES string of the molecule is CCCCn1c(C)c(N)ccc1=O. The lowest BCUT2D eigenvalue weighted by Crippen LogP contribution is -2.22. The fourth-order valence-corrected chi connectivity index (χ4v) is 1.29. The standard InChI is InChI=1S/C10H16N2O/c1-3-4-7-12-8(2)9(11)5-6-10(12)13/h5-6H,3-4,7,11H2,1-2H3. The van der Waals surface area contributed by atoms with E-state index in [1.54, 1.807) is 10.6 Å². The number of nitrogens with zero attached hydrogens (tertiary/aromatic N) is 1. The van der Waals surface area contributed by atoms with Gasteiger partial charge < -0.3 is 10.3 Å². The highest BCUT2D eigenvalue weighted by Gasteiger charge is 2.01. The molecule has 2 N–H and O–H groups in total. The molecule has 1 aromatic heterocycles. The molecule has 1 heterocycles. The van der Waals surface area contributed by atoms with E-state index >= 15 is 0 Å². The molecule has 0 aliphatic rings. The van der Waals surface area contributed by atoms with Crippen LogP contribution in [0.5, 0.6) is 0 Å². The van der Waals surface area contributed by atoms with Gasteiger partial charge in [0.15, 0.2) is 0 Å². The Balaban J connectivity index is 3.03. The van der Waals surface area contributed by atoms with Gasteiger partial charge in [-0.3, -0.25) is 4.79 Å². The Kier molecular flexibility index (Phi) is 3.12. The van der Waals surface area contributed by atoms with Crippen LogP contribution < -0.4 is 11.3 Å². The molecule has 13 heavy (non-hydrogen) atoms. The Bertz CT molecular complexity index is 341. The summed E-state index contributed by atoms with van der Waals surface area (Å²) in [6.07, 6.45) is 2.10. The molecule has 0 unspecified atom stereocenters. The number of aromatic nitrogens is 1. The molecule has 0 aliphatic carbocycles. The maximum atomic E-state index is 11.4. The predicted molar refractivity (Wildman–Crippen MR) is 54.8 cm³/mol. The monoisotopic (exact) mass is 180 g/mol. The number of nitrogen functional groups attached to an aromatic ring is 1. The zero-order chi connectivity index (χ0) is 9.84. The van der Waals surface area contributed by atoms with Crippen molar-refractivity contribution in [3.05, 3.63) is 28.2 Å². The highest BCUT2D eigenvalue weighted by atomic mass is 16.1. The van der Waals surface area contributed by atoms with Gasteiger partial charge in [0, 0.05) is 18.3 Å². The van der Waals surface area contributed by atoms with E-state index in [4.69, 9.17) is 5.73 Å². The van der Waals surface area contributed by atoms with Gasteiger partial charge >= 0.3 is 0 Å². The molecule has 0 spiro atoms. The number of nitrogens with two attached hydrogens (primary N) is 1. The third-order valence-electron chi connectivity index (χ3n) is 2.23. The van der Waals surface area contributed by atoms with E-state index in [9.17, 15) is 4.79 Å². The normalized spacial score (nSPS) is 10.3. The van der Waals surface area contributed by atoms with Crippen LogP contribution in [-0.4, -0.2) is 4.57 Å². The summed E-state index contributed by atoms with van der Waals surface area (Å²) >= 11 is 0. The Labute approximate surface area is 78.2 Å². The first-order chi connectivity index (χ1) is 6.16. The van der Waals surface area contributed by atoms with Crippen LogP contribution in [0.3, 0.4) is 0 Å². The highest BCUT2D eigenvalue weighted by Crippen LogP contribution is 2.07. The first-order valence-electron chi connectivity index (χ1n) is 4.62. The summed E-state index contributed by atoms with van der Waals surface area (Å²) in [6.45, 7) is 4.76. The van der Waals surface area contributed by atoms with Crippen molar-refractivity contribution >= 4 is 5.69 Å². The fourth-order valence-electron chi connectivity index (χ4n) is 1.29. The minimum absolute atomic E-state index is 0.0418. The number of hydrogen-bond acceptors (Lipinski definition) is 2. The van der Waals surface area contributed by atoms with Crippen molar-refractivity contribution in [1.29, 1.82) is 0 Å². The van der Waals surface area contributed by atoms with Crippen molar-refractivity contribution in [2.45, 2.75) is 33.2 Å². The molecule has 0 radical (unpaired) electrons. The molecule has 0 amide bonds. The summed E-state index contributed by atoms with van der Waals surface area (Å²) in [5.74, 6) is 0. The molecule has 3 nitrogen and oxygen atoms in total. The molecule has 3 heteroatoms. The minimum Gasteiger partial charge on any atom is -0.397 e. The third-order valence-corrected chi connectivity index (χ3v) is 2.23. The fraction of sp³-hybridized carbons (Fsp3) is 0.500. The van der Waals surface area contributed by atoms with E-state index in [1.807, 2.05) is 6.92 Å². The van der Waals surface area contributed by atoms with Crippen molar-refractivity contribution in [3.8, 4) is 0 Å². The van der Waals surface area contributed by atoms with Crippen molar-refractivity contribution in [3.63, 3.8) is 0 Å². The Morgan fingerprint density at radius 2 is 2.15 bits per heavy atom. The Morgan fingerprint density at radius 3 is 2.77 bits per heavy atom. The lowest BCUT2D eigenvalue weighted by atomic mass is 10.2. The van der Waals surface area contributed by atoms with Gasteiger partial charge in [-0.15, -0.1) is 0 Å². The van der Waals surface area contributed by atoms with Crippen LogP contribution in [0.4, 0.5) is 5.69 Å². The van der Waals surface area contributed by atoms with Crippen molar-refractivity contribution in [1.82, 2.24) is 4.57 Å². The molecule has 0 fully saturated rings. The maximum absolute atomic E-state index is 11.4. The number of unbranched alkanes of at least 4 members (excludes halogenated alkanes) is 1. The van der Waals surface area contributed by atoms with E-state index in [0.717, 1.165) is 25.1 Å². The zero-order valence-corrected chi connectivity index (χ0v) is 8.21. The van der Waals surface area contributed by atoms with Crippen LogP contribution in [-0.2, 0) is 6.54 Å². The van der Waals surface area contributed by atoms with E-state index in [1.165, 1.54) is 6.07 Å². The lowest BCUT2D eigenvalue weighted by Gasteiger charge is -2.10. The highest BCUT2D eigenvalue weighted by molar-refractivity contribution is 5.41. The second-order valence-corrected chi connectivity index (χ2v) is 3.22. The quantitative estimate of drug-likeness (QED) is 0.767. The van der Waals surface area contributed by atoms with E-state index in [2.05, 4.69) is 6.92 Å². The second kappa shape index (κ2) is 4.12. The first-order valence-corrected chi connectivity index (χ1v) is 4.62. The molecule has 1 aromatic rings. The summed E-state index contributed by atoms with van der Waals surface area (Å²) in [5, 5.41) is 0. The topological polar surface area (TPSA) is 48.0 Å². The molecular formula is C10H16N2O. The molecule has 72 valence electrons. The van der Waals surface area contributed by atoms with Crippen LogP contribution in [0, 0.1) is 6.92 Å². The average molecular weight is 180 g/mol. The average Bonchev–Trinajstić information content (AvgIpc) is 2.12. The van der Waals surface area contributed by atoms with Gasteiger partial charge in [0.05, 0.1) is 5.69 Å². The van der Waals surface area contributed by atoms with Crippen LogP contribution >= 0.6 is 0 Å². The minimum atomic E-state index is 0.0418. The molecule has 0 aromatic carbocycles. The van der Waals surface area contributed by atoms with Gasteiger partial charge in [-0.1, -0.05) is 13.3 Å². The molecule has 0 atom stereocenters. The smallest absolute Gasteiger partial charge is 0.250 e. The van der Waals surface area contributed by atoms with Crippen molar-refractivity contribution in [2.75, 3.05) is 5.73 Å². The number of pyridine rings is 1. The molecular weight excluding hydrogens is 164 g/mol. The molecule has 1 rings (SSSR count). The molecule has 0 bridgehead atoms. The maximum Gasteiger partial charge on any atom is 0.250 e. The summed E-state index contributed by atoms with van der Waals surface area (Å²) in [7, 11) is 0. The molecule has 0 aliphatic heterocycles. The molecule has 0 saturated heterocycles. The second-order valence-electron chi connectivity index (χ2n) is 3.22. The summed E-state index contributed by atoms with van der Waals surface area (Å²) < 4.78 is 1.73. The van der Waals surface area contributed by atoms with Crippen LogP contribution in [0.1, 0.15) is 25.5 Å². The predicted octanol–water partition coefficient (Wildman–Crippen LogP) is 1.54. The first kappa shape index (κ1) is 9.84. The van der Waals surface area contributed by atoms with Crippen LogP contribution in [0.25, 0.3) is 0 Å². The van der Waals surface area contributed by atoms with E-state index in [-0.39, 0.29) is 5.56 Å². The van der Waals surface area contributed by atoms with Gasteiger partial charge in [0.25, 0.3) is 5.56 Å². The van der Waals surface area contributed by atoms with Gasteiger partial charge in [0.1, 0.15) is 0 Å². The summed E-state index contributed by atoms with van der Waals surface area (Å²) in [4.78, 5) is 11.4.